The Balaban J connectivity index is 1.76. The SMILES string of the molecule is Cc1cnc(N2CCNC(c3ccc(O)cc3)C2)nc1. The van der Waals surface area contributed by atoms with E-state index < -0.39 is 0 Å². The molecule has 0 bridgehead atoms. The first-order valence-electron chi connectivity index (χ1n) is 6.78. The van der Waals surface area contributed by atoms with Gasteiger partial charge in [0.15, 0.2) is 0 Å². The van der Waals surface area contributed by atoms with Crippen LogP contribution >= 0.6 is 0 Å². The highest BCUT2D eigenvalue weighted by molar-refractivity contribution is 5.35. The van der Waals surface area contributed by atoms with Crippen molar-refractivity contribution in [3.05, 3.63) is 47.8 Å². The standard InChI is InChI=1S/C15H18N4O/c1-11-8-17-15(18-9-11)19-7-6-16-14(10-19)12-2-4-13(20)5-3-12/h2-5,8-9,14,16,20H,6-7,10H2,1H3. The van der Waals surface area contributed by atoms with Gasteiger partial charge in [-0.2, -0.15) is 0 Å². The van der Waals surface area contributed by atoms with Crippen LogP contribution in [0, 0.1) is 6.92 Å². The molecule has 1 fully saturated rings. The number of aromatic nitrogens is 2. The van der Waals surface area contributed by atoms with E-state index in [0.717, 1.165) is 31.1 Å². The number of benzene rings is 1. The number of nitrogens with one attached hydrogen (secondary N) is 1. The van der Waals surface area contributed by atoms with Gasteiger partial charge in [0.1, 0.15) is 5.75 Å². The highest BCUT2D eigenvalue weighted by atomic mass is 16.3. The lowest BCUT2D eigenvalue weighted by molar-refractivity contribution is 0.461. The van der Waals surface area contributed by atoms with Gasteiger partial charge in [-0.1, -0.05) is 12.1 Å². The molecule has 2 heterocycles. The van der Waals surface area contributed by atoms with E-state index in [1.54, 1.807) is 12.1 Å². The molecule has 0 saturated carbocycles. The molecular formula is C15H18N4O. The average molecular weight is 270 g/mol. The molecule has 1 aromatic carbocycles. The third-order valence-electron chi connectivity index (χ3n) is 3.52. The Morgan fingerprint density at radius 1 is 1.20 bits per heavy atom. The minimum Gasteiger partial charge on any atom is -0.508 e. The van der Waals surface area contributed by atoms with Crippen LogP contribution in [-0.4, -0.2) is 34.7 Å². The molecule has 2 N–H and O–H groups in total. The number of piperazine rings is 1. The number of aryl methyl sites for hydroxylation is 1. The molecule has 0 spiro atoms. The fourth-order valence-corrected chi connectivity index (χ4v) is 2.41. The lowest BCUT2D eigenvalue weighted by Gasteiger charge is -2.34. The van der Waals surface area contributed by atoms with Crippen molar-refractivity contribution in [2.45, 2.75) is 13.0 Å². The van der Waals surface area contributed by atoms with Crippen LogP contribution in [0.15, 0.2) is 36.7 Å². The predicted octanol–water partition coefficient (Wildman–Crippen LogP) is 1.64. The molecule has 2 aromatic rings. The summed E-state index contributed by atoms with van der Waals surface area (Å²) in [5.74, 6) is 1.07. The molecule has 1 aliphatic rings. The molecule has 0 aliphatic carbocycles. The van der Waals surface area contributed by atoms with Crippen molar-refractivity contribution in [2.24, 2.45) is 0 Å². The summed E-state index contributed by atoms with van der Waals surface area (Å²) in [4.78, 5) is 11.0. The zero-order valence-corrected chi connectivity index (χ0v) is 11.5. The molecule has 1 aromatic heterocycles. The number of phenols is 1. The lowest BCUT2D eigenvalue weighted by atomic mass is 10.0. The van der Waals surface area contributed by atoms with Crippen molar-refractivity contribution in [2.75, 3.05) is 24.5 Å². The molecule has 1 unspecified atom stereocenters. The summed E-state index contributed by atoms with van der Waals surface area (Å²) in [7, 11) is 0. The molecule has 20 heavy (non-hydrogen) atoms. The van der Waals surface area contributed by atoms with Crippen molar-refractivity contribution in [3.8, 4) is 5.75 Å². The Kier molecular flexibility index (Phi) is 3.52. The number of hydrogen-bond donors (Lipinski definition) is 2. The van der Waals surface area contributed by atoms with Crippen LogP contribution in [0.1, 0.15) is 17.2 Å². The Bertz CT molecular complexity index is 516. The summed E-state index contributed by atoms with van der Waals surface area (Å²) in [6, 6.07) is 7.57. The number of anilines is 1. The maximum absolute atomic E-state index is 9.36. The summed E-state index contributed by atoms with van der Waals surface area (Å²) < 4.78 is 0. The maximum atomic E-state index is 9.36. The van der Waals surface area contributed by atoms with E-state index >= 15 is 0 Å². The number of phenolic OH excluding ortho intramolecular Hbond substituents is 1. The molecule has 1 atom stereocenters. The average Bonchev–Trinajstić information content (AvgIpc) is 2.49. The van der Waals surface area contributed by atoms with Gasteiger partial charge in [-0.25, -0.2) is 9.97 Å². The summed E-state index contributed by atoms with van der Waals surface area (Å²) in [6.07, 6.45) is 3.69. The van der Waals surface area contributed by atoms with Crippen molar-refractivity contribution < 1.29 is 5.11 Å². The van der Waals surface area contributed by atoms with Crippen molar-refractivity contribution >= 4 is 5.95 Å². The van der Waals surface area contributed by atoms with Crippen LogP contribution in [0.25, 0.3) is 0 Å². The van der Waals surface area contributed by atoms with Crippen LogP contribution < -0.4 is 10.2 Å². The van der Waals surface area contributed by atoms with Crippen LogP contribution in [0.4, 0.5) is 5.95 Å². The molecule has 0 amide bonds. The molecule has 0 radical (unpaired) electrons. The second-order valence-electron chi connectivity index (χ2n) is 5.10. The molecule has 104 valence electrons. The monoisotopic (exact) mass is 270 g/mol. The zero-order chi connectivity index (χ0) is 13.9. The summed E-state index contributed by atoms with van der Waals surface area (Å²) in [5, 5.41) is 12.8. The lowest BCUT2D eigenvalue weighted by Crippen LogP contribution is -2.46. The largest absolute Gasteiger partial charge is 0.508 e. The third kappa shape index (κ3) is 2.72. The van der Waals surface area contributed by atoms with Gasteiger partial charge in [0, 0.05) is 38.1 Å². The number of aromatic hydroxyl groups is 1. The topological polar surface area (TPSA) is 61.3 Å². The minimum absolute atomic E-state index is 0.231. The fourth-order valence-electron chi connectivity index (χ4n) is 2.41. The molecule has 5 heteroatoms. The van der Waals surface area contributed by atoms with E-state index in [1.165, 1.54) is 5.56 Å². The van der Waals surface area contributed by atoms with Gasteiger partial charge < -0.3 is 15.3 Å². The van der Waals surface area contributed by atoms with E-state index in [9.17, 15) is 5.11 Å². The van der Waals surface area contributed by atoms with Crippen LogP contribution in [0.2, 0.25) is 0 Å². The highest BCUT2D eigenvalue weighted by Gasteiger charge is 2.22. The van der Waals surface area contributed by atoms with Crippen LogP contribution in [0.5, 0.6) is 5.75 Å². The van der Waals surface area contributed by atoms with Gasteiger partial charge in [-0.05, 0) is 30.2 Å². The first-order chi connectivity index (χ1) is 9.72. The van der Waals surface area contributed by atoms with Gasteiger partial charge in [0.05, 0.1) is 0 Å². The number of hydrogen-bond acceptors (Lipinski definition) is 5. The first kappa shape index (κ1) is 12.9. The van der Waals surface area contributed by atoms with E-state index in [1.807, 2.05) is 31.5 Å². The van der Waals surface area contributed by atoms with E-state index in [2.05, 4.69) is 20.2 Å². The Hall–Kier alpha value is -2.14. The van der Waals surface area contributed by atoms with Gasteiger partial charge in [-0.3, -0.25) is 0 Å². The summed E-state index contributed by atoms with van der Waals surface area (Å²) in [6.45, 7) is 4.61. The second kappa shape index (κ2) is 5.46. The fraction of sp³-hybridized carbons (Fsp3) is 0.333. The molecule has 5 nitrogen and oxygen atoms in total. The predicted molar refractivity (Wildman–Crippen MR) is 77.8 cm³/mol. The van der Waals surface area contributed by atoms with Gasteiger partial charge in [0.2, 0.25) is 5.95 Å². The zero-order valence-electron chi connectivity index (χ0n) is 11.5. The minimum atomic E-state index is 0.231. The Labute approximate surface area is 118 Å². The molecule has 1 saturated heterocycles. The highest BCUT2D eigenvalue weighted by Crippen LogP contribution is 2.21. The molecular weight excluding hydrogens is 252 g/mol. The van der Waals surface area contributed by atoms with E-state index in [0.29, 0.717) is 5.75 Å². The summed E-state index contributed by atoms with van der Waals surface area (Å²) in [5.41, 5.74) is 2.23. The molecule has 1 aliphatic heterocycles. The third-order valence-corrected chi connectivity index (χ3v) is 3.52. The van der Waals surface area contributed by atoms with Gasteiger partial charge >= 0.3 is 0 Å². The van der Waals surface area contributed by atoms with Crippen molar-refractivity contribution in [3.63, 3.8) is 0 Å². The smallest absolute Gasteiger partial charge is 0.225 e. The van der Waals surface area contributed by atoms with Gasteiger partial charge in [0.25, 0.3) is 0 Å². The number of rotatable bonds is 2. The normalized spacial score (nSPS) is 19.1. The molecule has 3 rings (SSSR count). The van der Waals surface area contributed by atoms with Crippen molar-refractivity contribution in [1.29, 1.82) is 0 Å². The van der Waals surface area contributed by atoms with Crippen molar-refractivity contribution in [1.82, 2.24) is 15.3 Å². The number of nitrogens with zero attached hydrogens (tertiary/aromatic N) is 3. The Morgan fingerprint density at radius 2 is 1.90 bits per heavy atom. The van der Waals surface area contributed by atoms with E-state index in [-0.39, 0.29) is 6.04 Å². The van der Waals surface area contributed by atoms with Gasteiger partial charge in [-0.15, -0.1) is 0 Å². The second-order valence-corrected chi connectivity index (χ2v) is 5.10. The van der Waals surface area contributed by atoms with E-state index in [4.69, 9.17) is 0 Å². The summed E-state index contributed by atoms with van der Waals surface area (Å²) >= 11 is 0. The Morgan fingerprint density at radius 3 is 2.60 bits per heavy atom. The van der Waals surface area contributed by atoms with Crippen LogP contribution in [0.3, 0.4) is 0 Å². The first-order valence-corrected chi connectivity index (χ1v) is 6.78. The van der Waals surface area contributed by atoms with Crippen LogP contribution in [-0.2, 0) is 0 Å². The maximum Gasteiger partial charge on any atom is 0.225 e. The quantitative estimate of drug-likeness (QED) is 0.868.